The average molecular weight is 318 g/mol. The number of halogens is 1. The minimum Gasteiger partial charge on any atom is -0.337 e. The number of imidazole rings is 1. The summed E-state index contributed by atoms with van der Waals surface area (Å²) in [6.45, 7) is 7.29. The normalized spacial score (nSPS) is 13.2. The molecule has 0 spiro atoms. The van der Waals surface area contributed by atoms with Crippen LogP contribution in [-0.4, -0.2) is 9.55 Å². The summed E-state index contributed by atoms with van der Waals surface area (Å²) < 4.78 is 2.07. The lowest BCUT2D eigenvalue weighted by atomic mass is 9.68. The van der Waals surface area contributed by atoms with E-state index in [0.717, 1.165) is 19.4 Å². The molecule has 118 valence electrons. The van der Waals surface area contributed by atoms with Crippen LogP contribution in [0.5, 0.6) is 0 Å². The quantitative estimate of drug-likeness (QED) is 0.786. The van der Waals surface area contributed by atoms with E-state index in [0.29, 0.717) is 0 Å². The molecular formula is C18H24ClN3. The lowest BCUT2D eigenvalue weighted by Crippen LogP contribution is -2.32. The lowest BCUT2D eigenvalue weighted by molar-refractivity contribution is 0.349. The van der Waals surface area contributed by atoms with E-state index in [1.807, 2.05) is 24.7 Å². The fourth-order valence-corrected chi connectivity index (χ4v) is 3.01. The third-order valence-corrected chi connectivity index (χ3v) is 4.36. The molecular weight excluding hydrogens is 294 g/mol. The Morgan fingerprint density at radius 3 is 2.59 bits per heavy atom. The zero-order valence-corrected chi connectivity index (χ0v) is 14.3. The van der Waals surface area contributed by atoms with Gasteiger partial charge in [0.2, 0.25) is 0 Å². The molecule has 1 heterocycles. The summed E-state index contributed by atoms with van der Waals surface area (Å²) in [6, 6.07) is 10.9. The van der Waals surface area contributed by atoms with Crippen molar-refractivity contribution in [3.8, 4) is 6.07 Å². The van der Waals surface area contributed by atoms with Gasteiger partial charge >= 0.3 is 0 Å². The standard InChI is InChI=1S/C18H23N3.ClH/c1-15(2)18(13-19,17-8-5-4-7-16(17)3)9-6-11-21-12-10-20-14-21;/h4-5,7-8,10,12,14-15H,6,9,11H2,1-3H3;1H. The van der Waals surface area contributed by atoms with Crippen molar-refractivity contribution in [2.24, 2.45) is 5.92 Å². The van der Waals surface area contributed by atoms with Crippen LogP contribution < -0.4 is 0 Å². The molecule has 0 aliphatic carbocycles. The highest BCUT2D eigenvalue weighted by Gasteiger charge is 2.36. The van der Waals surface area contributed by atoms with Gasteiger partial charge in [-0.25, -0.2) is 4.98 Å². The molecule has 1 unspecified atom stereocenters. The number of rotatable bonds is 6. The Hall–Kier alpha value is -1.79. The Bertz CT molecular complexity index is 614. The van der Waals surface area contributed by atoms with Gasteiger partial charge in [0.15, 0.2) is 0 Å². The summed E-state index contributed by atoms with van der Waals surface area (Å²) in [7, 11) is 0. The Morgan fingerprint density at radius 1 is 1.32 bits per heavy atom. The number of hydrogen-bond acceptors (Lipinski definition) is 2. The topological polar surface area (TPSA) is 41.6 Å². The van der Waals surface area contributed by atoms with Gasteiger partial charge in [-0.15, -0.1) is 12.4 Å². The third-order valence-electron chi connectivity index (χ3n) is 4.36. The molecule has 0 bridgehead atoms. The Balaban J connectivity index is 0.00000242. The van der Waals surface area contributed by atoms with Crippen molar-refractivity contribution >= 4 is 12.4 Å². The summed E-state index contributed by atoms with van der Waals surface area (Å²) in [5.74, 6) is 0.284. The molecule has 4 heteroatoms. The summed E-state index contributed by atoms with van der Waals surface area (Å²) in [5.41, 5.74) is 1.97. The van der Waals surface area contributed by atoms with Crippen molar-refractivity contribution in [3.63, 3.8) is 0 Å². The first-order valence-electron chi connectivity index (χ1n) is 7.53. The second kappa shape index (κ2) is 8.00. The zero-order valence-electron chi connectivity index (χ0n) is 13.5. The van der Waals surface area contributed by atoms with Crippen LogP contribution >= 0.6 is 12.4 Å². The highest BCUT2D eigenvalue weighted by molar-refractivity contribution is 5.85. The molecule has 2 rings (SSSR count). The second-order valence-electron chi connectivity index (χ2n) is 5.96. The second-order valence-corrected chi connectivity index (χ2v) is 5.96. The van der Waals surface area contributed by atoms with Crippen LogP contribution in [0.3, 0.4) is 0 Å². The van der Waals surface area contributed by atoms with Crippen LogP contribution in [0.4, 0.5) is 0 Å². The van der Waals surface area contributed by atoms with E-state index >= 15 is 0 Å². The fourth-order valence-electron chi connectivity index (χ4n) is 3.01. The SMILES string of the molecule is Cc1ccccc1C(C#N)(CCCn1ccnc1)C(C)C.Cl. The van der Waals surface area contributed by atoms with E-state index in [2.05, 4.69) is 48.5 Å². The third kappa shape index (κ3) is 3.69. The molecule has 0 N–H and O–H groups in total. The largest absolute Gasteiger partial charge is 0.337 e. The first-order valence-corrected chi connectivity index (χ1v) is 7.53. The van der Waals surface area contributed by atoms with Crippen molar-refractivity contribution in [3.05, 3.63) is 54.1 Å². The van der Waals surface area contributed by atoms with Crippen molar-refractivity contribution < 1.29 is 0 Å². The first kappa shape index (κ1) is 18.3. The van der Waals surface area contributed by atoms with Gasteiger partial charge in [0.05, 0.1) is 17.8 Å². The lowest BCUT2D eigenvalue weighted by Gasteiger charge is -2.32. The maximum Gasteiger partial charge on any atom is 0.0945 e. The van der Waals surface area contributed by atoms with Crippen molar-refractivity contribution in [1.29, 1.82) is 5.26 Å². The minimum atomic E-state index is -0.411. The maximum atomic E-state index is 9.91. The van der Waals surface area contributed by atoms with Crippen LogP contribution in [0.25, 0.3) is 0 Å². The number of aryl methyl sites for hydroxylation is 2. The number of benzene rings is 1. The number of aromatic nitrogens is 2. The number of nitrogens with zero attached hydrogens (tertiary/aromatic N) is 3. The van der Waals surface area contributed by atoms with E-state index in [-0.39, 0.29) is 18.3 Å². The fraction of sp³-hybridized carbons (Fsp3) is 0.444. The van der Waals surface area contributed by atoms with E-state index in [1.165, 1.54) is 11.1 Å². The van der Waals surface area contributed by atoms with Crippen molar-refractivity contribution in [1.82, 2.24) is 9.55 Å². The molecule has 1 atom stereocenters. The van der Waals surface area contributed by atoms with Crippen molar-refractivity contribution in [2.45, 2.75) is 45.6 Å². The zero-order chi connectivity index (χ0) is 15.3. The Labute approximate surface area is 139 Å². The average Bonchev–Trinajstić information content (AvgIpc) is 2.98. The molecule has 2 aromatic rings. The molecule has 1 aromatic heterocycles. The van der Waals surface area contributed by atoms with Gasteiger partial charge in [-0.1, -0.05) is 38.1 Å². The van der Waals surface area contributed by atoms with Crippen LogP contribution in [0.15, 0.2) is 43.0 Å². The molecule has 22 heavy (non-hydrogen) atoms. The minimum absolute atomic E-state index is 0. The van der Waals surface area contributed by atoms with E-state index in [9.17, 15) is 5.26 Å². The molecule has 0 aliphatic rings. The Morgan fingerprint density at radius 2 is 2.05 bits per heavy atom. The van der Waals surface area contributed by atoms with Crippen LogP contribution in [0.2, 0.25) is 0 Å². The number of hydrogen-bond donors (Lipinski definition) is 0. The summed E-state index contributed by atoms with van der Waals surface area (Å²) in [4.78, 5) is 4.06. The Kier molecular flexibility index (Phi) is 6.64. The van der Waals surface area contributed by atoms with Gasteiger partial charge in [-0.3, -0.25) is 0 Å². The molecule has 0 amide bonds. The van der Waals surface area contributed by atoms with Gasteiger partial charge in [-0.2, -0.15) is 5.26 Å². The molecule has 1 aromatic carbocycles. The van der Waals surface area contributed by atoms with Crippen LogP contribution in [0.1, 0.15) is 37.8 Å². The van der Waals surface area contributed by atoms with Gasteiger partial charge < -0.3 is 4.57 Å². The predicted molar refractivity (Wildman–Crippen MR) is 92.0 cm³/mol. The van der Waals surface area contributed by atoms with E-state index in [4.69, 9.17) is 0 Å². The van der Waals surface area contributed by atoms with Gasteiger partial charge in [-0.05, 0) is 36.8 Å². The monoisotopic (exact) mass is 317 g/mol. The van der Waals surface area contributed by atoms with Crippen molar-refractivity contribution in [2.75, 3.05) is 0 Å². The highest BCUT2D eigenvalue weighted by Crippen LogP contribution is 2.38. The van der Waals surface area contributed by atoms with E-state index in [1.54, 1.807) is 6.20 Å². The van der Waals surface area contributed by atoms with Crippen LogP contribution in [-0.2, 0) is 12.0 Å². The van der Waals surface area contributed by atoms with Gasteiger partial charge in [0.25, 0.3) is 0 Å². The highest BCUT2D eigenvalue weighted by atomic mass is 35.5. The maximum absolute atomic E-state index is 9.91. The molecule has 0 saturated heterocycles. The molecule has 0 fully saturated rings. The van der Waals surface area contributed by atoms with Crippen LogP contribution in [0, 0.1) is 24.2 Å². The number of nitriles is 1. The molecule has 3 nitrogen and oxygen atoms in total. The molecule has 0 saturated carbocycles. The summed E-state index contributed by atoms with van der Waals surface area (Å²) in [5, 5.41) is 9.91. The van der Waals surface area contributed by atoms with E-state index < -0.39 is 5.41 Å². The summed E-state index contributed by atoms with van der Waals surface area (Å²) >= 11 is 0. The summed E-state index contributed by atoms with van der Waals surface area (Å²) in [6.07, 6.45) is 7.43. The van der Waals surface area contributed by atoms with Gasteiger partial charge in [0, 0.05) is 18.9 Å². The predicted octanol–water partition coefficient (Wildman–Crippen LogP) is 4.51. The first-order chi connectivity index (χ1) is 10.1. The van der Waals surface area contributed by atoms with Gasteiger partial charge in [0.1, 0.15) is 0 Å². The molecule has 0 radical (unpaired) electrons. The molecule has 0 aliphatic heterocycles. The smallest absolute Gasteiger partial charge is 0.0945 e.